The second-order valence-corrected chi connectivity index (χ2v) is 2.79. The van der Waals surface area contributed by atoms with Crippen molar-refractivity contribution in [3.63, 3.8) is 0 Å². The van der Waals surface area contributed by atoms with Gasteiger partial charge in [-0.2, -0.15) is 0 Å². The lowest BCUT2D eigenvalue weighted by Crippen LogP contribution is -2.09. The summed E-state index contributed by atoms with van der Waals surface area (Å²) in [6, 6.07) is 1.81. The monoisotopic (exact) mass is 179 g/mol. The third-order valence-electron chi connectivity index (χ3n) is 1.96. The lowest BCUT2D eigenvalue weighted by atomic mass is 10.1. The maximum Gasteiger partial charge on any atom is 0.339 e. The molecule has 70 valence electrons. The molecular formula is C10H13NO2. The summed E-state index contributed by atoms with van der Waals surface area (Å²) in [6.45, 7) is 3.85. The number of hydrogen-bond acceptors (Lipinski definition) is 3. The van der Waals surface area contributed by atoms with E-state index in [0.717, 1.165) is 17.7 Å². The number of carbonyl (C=O) groups excluding carboxylic acids is 1. The van der Waals surface area contributed by atoms with Crippen LogP contribution in [0.5, 0.6) is 0 Å². The van der Waals surface area contributed by atoms with E-state index in [4.69, 9.17) is 0 Å². The molecule has 1 rings (SSSR count). The highest BCUT2D eigenvalue weighted by Crippen LogP contribution is 2.13. The van der Waals surface area contributed by atoms with Crippen molar-refractivity contribution < 1.29 is 9.53 Å². The largest absolute Gasteiger partial charge is 0.465 e. The summed E-state index contributed by atoms with van der Waals surface area (Å²) in [5.41, 5.74) is 2.32. The second-order valence-electron chi connectivity index (χ2n) is 2.79. The van der Waals surface area contributed by atoms with Gasteiger partial charge >= 0.3 is 5.97 Å². The predicted molar refractivity (Wildman–Crippen MR) is 49.7 cm³/mol. The molecule has 0 unspecified atom stereocenters. The molecule has 13 heavy (non-hydrogen) atoms. The van der Waals surface area contributed by atoms with Gasteiger partial charge in [-0.25, -0.2) is 4.79 Å². The van der Waals surface area contributed by atoms with Crippen LogP contribution in [0.2, 0.25) is 0 Å². The summed E-state index contributed by atoms with van der Waals surface area (Å²) in [7, 11) is 1.38. The minimum atomic E-state index is -0.303. The van der Waals surface area contributed by atoms with Gasteiger partial charge in [-0.05, 0) is 25.0 Å². The summed E-state index contributed by atoms with van der Waals surface area (Å²) < 4.78 is 4.68. The molecule has 0 aromatic carbocycles. The Hall–Kier alpha value is -1.38. The molecule has 1 aromatic heterocycles. The van der Waals surface area contributed by atoms with Gasteiger partial charge < -0.3 is 4.74 Å². The maximum absolute atomic E-state index is 11.4. The molecule has 0 saturated carbocycles. The molecule has 0 aliphatic rings. The number of aryl methyl sites for hydroxylation is 2. The van der Waals surface area contributed by atoms with Crippen LogP contribution < -0.4 is 0 Å². The van der Waals surface area contributed by atoms with E-state index < -0.39 is 0 Å². The molecule has 0 spiro atoms. The molecule has 0 saturated heterocycles. The summed E-state index contributed by atoms with van der Waals surface area (Å²) in [4.78, 5) is 15.5. The average Bonchev–Trinajstić information content (AvgIpc) is 2.16. The highest BCUT2D eigenvalue weighted by Gasteiger charge is 2.13. The fraction of sp³-hybridized carbons (Fsp3) is 0.400. The molecule has 1 aromatic rings. The SMILES string of the molecule is CCc1nccc(C)c1C(=O)OC. The standard InChI is InChI=1S/C10H13NO2/c1-4-8-9(10(12)13-3)7(2)5-6-11-8/h5-6H,4H2,1-3H3. The van der Waals surface area contributed by atoms with E-state index in [-0.39, 0.29) is 5.97 Å². The number of pyridine rings is 1. The van der Waals surface area contributed by atoms with E-state index in [2.05, 4.69) is 9.72 Å². The van der Waals surface area contributed by atoms with Crippen LogP contribution in [0.4, 0.5) is 0 Å². The highest BCUT2D eigenvalue weighted by atomic mass is 16.5. The minimum Gasteiger partial charge on any atom is -0.465 e. The van der Waals surface area contributed by atoms with E-state index in [1.807, 2.05) is 19.9 Å². The number of hydrogen-bond donors (Lipinski definition) is 0. The molecule has 0 radical (unpaired) electrons. The molecule has 3 heteroatoms. The number of carbonyl (C=O) groups is 1. The van der Waals surface area contributed by atoms with Crippen molar-refractivity contribution in [1.82, 2.24) is 4.98 Å². The predicted octanol–water partition coefficient (Wildman–Crippen LogP) is 1.74. The fourth-order valence-corrected chi connectivity index (χ4v) is 1.26. The first-order valence-electron chi connectivity index (χ1n) is 4.23. The Balaban J connectivity index is 3.22. The van der Waals surface area contributed by atoms with Crippen molar-refractivity contribution in [1.29, 1.82) is 0 Å². The normalized spacial score (nSPS) is 9.77. The zero-order valence-corrected chi connectivity index (χ0v) is 8.13. The number of aromatic nitrogens is 1. The van der Waals surface area contributed by atoms with Crippen LogP contribution in [0, 0.1) is 6.92 Å². The number of ether oxygens (including phenoxy) is 1. The van der Waals surface area contributed by atoms with E-state index >= 15 is 0 Å². The van der Waals surface area contributed by atoms with E-state index in [1.165, 1.54) is 7.11 Å². The highest BCUT2D eigenvalue weighted by molar-refractivity contribution is 5.92. The van der Waals surface area contributed by atoms with Gasteiger partial charge in [0.15, 0.2) is 0 Å². The molecule has 0 atom stereocenters. The van der Waals surface area contributed by atoms with Gasteiger partial charge in [-0.1, -0.05) is 6.92 Å². The second kappa shape index (κ2) is 4.03. The maximum atomic E-state index is 11.4. The molecule has 0 fully saturated rings. The van der Waals surface area contributed by atoms with Crippen LogP contribution >= 0.6 is 0 Å². The number of esters is 1. The third kappa shape index (κ3) is 1.86. The molecule has 0 bridgehead atoms. The van der Waals surface area contributed by atoms with Crippen molar-refractivity contribution in [3.8, 4) is 0 Å². The van der Waals surface area contributed by atoms with Crippen molar-refractivity contribution in [2.75, 3.05) is 7.11 Å². The smallest absolute Gasteiger partial charge is 0.339 e. The van der Waals surface area contributed by atoms with Crippen LogP contribution in [-0.4, -0.2) is 18.1 Å². The quantitative estimate of drug-likeness (QED) is 0.649. The fourth-order valence-electron chi connectivity index (χ4n) is 1.26. The van der Waals surface area contributed by atoms with Gasteiger partial charge in [-0.15, -0.1) is 0 Å². The van der Waals surface area contributed by atoms with Crippen LogP contribution in [-0.2, 0) is 11.2 Å². The summed E-state index contributed by atoms with van der Waals surface area (Å²) in [5, 5.41) is 0. The molecule has 0 aliphatic heterocycles. The first-order chi connectivity index (χ1) is 6.20. The summed E-state index contributed by atoms with van der Waals surface area (Å²) >= 11 is 0. The zero-order valence-electron chi connectivity index (χ0n) is 8.13. The first-order valence-corrected chi connectivity index (χ1v) is 4.23. The Morgan fingerprint density at radius 2 is 2.31 bits per heavy atom. The lowest BCUT2D eigenvalue weighted by molar-refractivity contribution is 0.0598. The summed E-state index contributed by atoms with van der Waals surface area (Å²) in [5.74, 6) is -0.303. The third-order valence-corrected chi connectivity index (χ3v) is 1.96. The van der Waals surface area contributed by atoms with Gasteiger partial charge in [-0.3, -0.25) is 4.98 Å². The Labute approximate surface area is 77.8 Å². The molecule has 1 heterocycles. The zero-order chi connectivity index (χ0) is 9.84. The van der Waals surface area contributed by atoms with Gasteiger partial charge in [0.2, 0.25) is 0 Å². The lowest BCUT2D eigenvalue weighted by Gasteiger charge is -2.07. The van der Waals surface area contributed by atoms with Gasteiger partial charge in [0.05, 0.1) is 18.4 Å². The summed E-state index contributed by atoms with van der Waals surface area (Å²) in [6.07, 6.45) is 2.45. The Bertz CT molecular complexity index is 321. The molecule has 0 N–H and O–H groups in total. The topological polar surface area (TPSA) is 39.2 Å². The Kier molecular flexibility index (Phi) is 3.01. The average molecular weight is 179 g/mol. The van der Waals surface area contributed by atoms with Crippen LogP contribution in [0.1, 0.15) is 28.5 Å². The van der Waals surface area contributed by atoms with Crippen LogP contribution in [0.15, 0.2) is 12.3 Å². The van der Waals surface area contributed by atoms with Crippen molar-refractivity contribution >= 4 is 5.97 Å². The Morgan fingerprint density at radius 3 is 2.85 bits per heavy atom. The number of nitrogens with zero attached hydrogens (tertiary/aromatic N) is 1. The van der Waals surface area contributed by atoms with Crippen molar-refractivity contribution in [2.24, 2.45) is 0 Å². The van der Waals surface area contributed by atoms with Gasteiger partial charge in [0.25, 0.3) is 0 Å². The molecule has 0 amide bonds. The molecule has 0 aliphatic carbocycles. The van der Waals surface area contributed by atoms with Gasteiger partial charge in [0.1, 0.15) is 0 Å². The molecule has 3 nitrogen and oxygen atoms in total. The van der Waals surface area contributed by atoms with Crippen LogP contribution in [0.3, 0.4) is 0 Å². The Morgan fingerprint density at radius 1 is 1.62 bits per heavy atom. The number of rotatable bonds is 2. The van der Waals surface area contributed by atoms with Gasteiger partial charge in [0, 0.05) is 6.20 Å². The molecular weight excluding hydrogens is 166 g/mol. The van der Waals surface area contributed by atoms with E-state index in [9.17, 15) is 4.79 Å². The van der Waals surface area contributed by atoms with Crippen LogP contribution in [0.25, 0.3) is 0 Å². The number of methoxy groups -OCH3 is 1. The first kappa shape index (κ1) is 9.71. The van der Waals surface area contributed by atoms with E-state index in [1.54, 1.807) is 6.20 Å². The van der Waals surface area contributed by atoms with Crippen molar-refractivity contribution in [2.45, 2.75) is 20.3 Å². The minimum absolute atomic E-state index is 0.303. The van der Waals surface area contributed by atoms with E-state index in [0.29, 0.717) is 5.56 Å². The van der Waals surface area contributed by atoms with Crippen molar-refractivity contribution in [3.05, 3.63) is 29.1 Å².